The van der Waals surface area contributed by atoms with Crippen LogP contribution in [0.15, 0.2) is 66.1 Å². The second kappa shape index (κ2) is 11.4. The summed E-state index contributed by atoms with van der Waals surface area (Å²) in [6.45, 7) is 1.06. The number of carbonyl (C=O) groups excluding carboxylic acids is 1. The highest BCUT2D eigenvalue weighted by atomic mass is 35.5. The summed E-state index contributed by atoms with van der Waals surface area (Å²) in [5.41, 5.74) is 1.14. The molecule has 41 heavy (non-hydrogen) atoms. The van der Waals surface area contributed by atoms with Crippen molar-refractivity contribution in [1.82, 2.24) is 34.0 Å². The van der Waals surface area contributed by atoms with Gasteiger partial charge in [-0.1, -0.05) is 11.6 Å². The molecule has 4 aromatic heterocycles. The number of fused-ring (bicyclic) bond motifs is 1. The summed E-state index contributed by atoms with van der Waals surface area (Å²) in [5.74, 6) is 0.0931. The minimum Gasteiger partial charge on any atom is -0.497 e. The molecule has 0 saturated carbocycles. The lowest BCUT2D eigenvalue weighted by molar-refractivity contribution is -0.125. The molecule has 0 radical (unpaired) electrons. The van der Waals surface area contributed by atoms with Crippen molar-refractivity contribution in [3.8, 4) is 17.0 Å². The number of rotatable bonds is 9. The standard InChI is InChI=1S/C27H26ClFN8O4/c1-15(25(39)32-21(14-38)16-8-18(29)11-19(9-16)41-3)37-7-6-36-13-17(10-22(36)26(37)40)24-20(28)12-30-27(34-24)33-23-4-5-31-35(23)2/h4-13,15,21,38H,14H2,1-3H3,(H,32,39)(H,30,33,34)/t15?,21-/m1/s1. The van der Waals surface area contributed by atoms with Crippen molar-refractivity contribution in [2.75, 3.05) is 19.0 Å². The number of nitrogens with one attached hydrogen (secondary N) is 2. The smallest absolute Gasteiger partial charge is 0.275 e. The summed E-state index contributed by atoms with van der Waals surface area (Å²) in [5, 5.41) is 20.0. The predicted octanol–water partition coefficient (Wildman–Crippen LogP) is 3.25. The summed E-state index contributed by atoms with van der Waals surface area (Å²) in [6.07, 6.45) is 7.91. The zero-order valence-electron chi connectivity index (χ0n) is 22.2. The summed E-state index contributed by atoms with van der Waals surface area (Å²) >= 11 is 6.41. The highest BCUT2D eigenvalue weighted by Gasteiger charge is 2.23. The van der Waals surface area contributed by atoms with Crippen molar-refractivity contribution in [2.24, 2.45) is 7.05 Å². The van der Waals surface area contributed by atoms with Crippen LogP contribution in [0.2, 0.25) is 5.02 Å². The highest BCUT2D eigenvalue weighted by molar-refractivity contribution is 6.33. The van der Waals surface area contributed by atoms with Gasteiger partial charge in [-0.25, -0.2) is 14.4 Å². The molecule has 2 atom stereocenters. The average Bonchev–Trinajstić information content (AvgIpc) is 3.58. The van der Waals surface area contributed by atoms with Crippen LogP contribution in [-0.4, -0.2) is 53.4 Å². The minimum atomic E-state index is -0.951. The van der Waals surface area contributed by atoms with Crippen molar-refractivity contribution in [1.29, 1.82) is 0 Å². The number of hydrogen-bond acceptors (Lipinski definition) is 8. The van der Waals surface area contributed by atoms with Gasteiger partial charge in [-0.15, -0.1) is 0 Å². The molecule has 4 heterocycles. The third-order valence-electron chi connectivity index (χ3n) is 6.60. The molecule has 0 aliphatic heterocycles. The van der Waals surface area contributed by atoms with Crippen molar-refractivity contribution in [3.05, 3.63) is 88.1 Å². The van der Waals surface area contributed by atoms with Crippen LogP contribution in [-0.2, 0) is 11.8 Å². The van der Waals surface area contributed by atoms with Crippen LogP contribution >= 0.6 is 11.6 Å². The number of ether oxygens (including phenoxy) is 1. The molecule has 0 aliphatic carbocycles. The van der Waals surface area contributed by atoms with Crippen LogP contribution in [0.25, 0.3) is 16.8 Å². The monoisotopic (exact) mass is 580 g/mol. The predicted molar refractivity (Wildman–Crippen MR) is 150 cm³/mol. The zero-order valence-corrected chi connectivity index (χ0v) is 23.0. The van der Waals surface area contributed by atoms with Gasteiger partial charge in [-0.3, -0.25) is 14.3 Å². The molecular formula is C27H26ClFN8O4. The topological polar surface area (TPSA) is 141 Å². The normalized spacial score (nSPS) is 12.7. The third kappa shape index (κ3) is 5.62. The lowest BCUT2D eigenvalue weighted by Crippen LogP contribution is -2.39. The number of nitrogens with zero attached hydrogens (tertiary/aromatic N) is 6. The Hall–Kier alpha value is -4.75. The first-order chi connectivity index (χ1) is 19.7. The average molecular weight is 581 g/mol. The maximum Gasteiger partial charge on any atom is 0.275 e. The maximum atomic E-state index is 14.0. The Bertz CT molecular complexity index is 1800. The fourth-order valence-corrected chi connectivity index (χ4v) is 4.55. The van der Waals surface area contributed by atoms with Crippen molar-refractivity contribution < 1.29 is 19.0 Å². The number of methoxy groups -OCH3 is 1. The number of hydrogen-bond donors (Lipinski definition) is 3. The first kappa shape index (κ1) is 27.8. The fraction of sp³-hybridized carbons (Fsp3) is 0.222. The van der Waals surface area contributed by atoms with Gasteiger partial charge in [-0.05, 0) is 30.7 Å². The Kier molecular flexibility index (Phi) is 7.72. The summed E-state index contributed by atoms with van der Waals surface area (Å²) < 4.78 is 23.6. The molecule has 1 aromatic carbocycles. The van der Waals surface area contributed by atoms with Crippen molar-refractivity contribution in [3.63, 3.8) is 0 Å². The number of benzene rings is 1. The Morgan fingerprint density at radius 2 is 2.05 bits per heavy atom. The van der Waals surface area contributed by atoms with Gasteiger partial charge in [0.2, 0.25) is 11.9 Å². The van der Waals surface area contributed by atoms with Gasteiger partial charge in [0.1, 0.15) is 28.9 Å². The SMILES string of the molecule is COc1cc(F)cc([C@@H](CO)NC(=O)C(C)n2ccn3cc(-c4nc(Nc5ccnn5C)ncc4Cl)cc3c2=O)c1. The lowest BCUT2D eigenvalue weighted by Gasteiger charge is -2.21. The maximum absolute atomic E-state index is 14.0. The number of aliphatic hydroxyl groups excluding tert-OH is 1. The molecule has 0 bridgehead atoms. The first-order valence-corrected chi connectivity index (χ1v) is 12.8. The molecule has 5 aromatic rings. The molecule has 1 unspecified atom stereocenters. The number of anilines is 2. The number of aromatic nitrogens is 6. The van der Waals surface area contributed by atoms with Crippen LogP contribution in [0.5, 0.6) is 5.75 Å². The van der Waals surface area contributed by atoms with Crippen molar-refractivity contribution in [2.45, 2.75) is 19.0 Å². The Morgan fingerprint density at radius 1 is 1.24 bits per heavy atom. The molecular weight excluding hydrogens is 555 g/mol. The molecule has 212 valence electrons. The van der Waals surface area contributed by atoms with E-state index in [1.165, 1.54) is 42.3 Å². The van der Waals surface area contributed by atoms with E-state index in [1.807, 2.05) is 0 Å². The van der Waals surface area contributed by atoms with Crippen LogP contribution in [0, 0.1) is 5.82 Å². The number of aliphatic hydroxyl groups is 1. The molecule has 0 saturated heterocycles. The Labute approximate surface area is 238 Å². The van der Waals surface area contributed by atoms with Crippen LogP contribution < -0.4 is 20.9 Å². The molecule has 0 spiro atoms. The number of halogens is 2. The van der Waals surface area contributed by atoms with Crippen LogP contribution in [0.3, 0.4) is 0 Å². The van der Waals surface area contributed by atoms with E-state index in [9.17, 15) is 19.1 Å². The van der Waals surface area contributed by atoms with E-state index >= 15 is 0 Å². The van der Waals surface area contributed by atoms with Gasteiger partial charge in [0.15, 0.2) is 0 Å². The molecule has 0 fully saturated rings. The van der Waals surface area contributed by atoms with E-state index in [2.05, 4.69) is 25.7 Å². The van der Waals surface area contributed by atoms with Crippen LogP contribution in [0.4, 0.5) is 16.2 Å². The van der Waals surface area contributed by atoms with Gasteiger partial charge in [0.05, 0.1) is 42.9 Å². The number of carbonyl (C=O) groups is 1. The third-order valence-corrected chi connectivity index (χ3v) is 6.87. The van der Waals surface area contributed by atoms with Gasteiger partial charge < -0.3 is 29.4 Å². The van der Waals surface area contributed by atoms with E-state index in [0.29, 0.717) is 28.6 Å². The number of aryl methyl sites for hydroxylation is 1. The van der Waals surface area contributed by atoms with Crippen molar-refractivity contribution >= 4 is 34.8 Å². The first-order valence-electron chi connectivity index (χ1n) is 12.4. The van der Waals surface area contributed by atoms with E-state index in [-0.39, 0.29) is 16.3 Å². The number of amides is 1. The lowest BCUT2D eigenvalue weighted by atomic mass is 10.1. The second-order valence-electron chi connectivity index (χ2n) is 9.23. The quantitative estimate of drug-likeness (QED) is 0.241. The highest BCUT2D eigenvalue weighted by Crippen LogP contribution is 2.28. The summed E-state index contributed by atoms with van der Waals surface area (Å²) in [7, 11) is 3.16. The Morgan fingerprint density at radius 3 is 2.76 bits per heavy atom. The molecule has 0 aliphatic rings. The van der Waals surface area contributed by atoms with Gasteiger partial charge in [0, 0.05) is 43.3 Å². The van der Waals surface area contributed by atoms with Crippen LogP contribution in [0.1, 0.15) is 24.6 Å². The molecule has 14 heteroatoms. The largest absolute Gasteiger partial charge is 0.497 e. The Balaban J connectivity index is 1.41. The van der Waals surface area contributed by atoms with Gasteiger partial charge in [-0.2, -0.15) is 5.10 Å². The minimum absolute atomic E-state index is 0.245. The van der Waals surface area contributed by atoms with Gasteiger partial charge in [0.25, 0.3) is 5.56 Å². The zero-order chi connectivity index (χ0) is 29.3. The molecule has 5 rings (SSSR count). The second-order valence-corrected chi connectivity index (χ2v) is 9.64. The van der Waals surface area contributed by atoms with Gasteiger partial charge >= 0.3 is 0 Å². The molecule has 3 N–H and O–H groups in total. The summed E-state index contributed by atoms with van der Waals surface area (Å²) in [6, 6.07) is 5.43. The molecule has 12 nitrogen and oxygen atoms in total. The van der Waals surface area contributed by atoms with E-state index < -0.39 is 36.0 Å². The summed E-state index contributed by atoms with van der Waals surface area (Å²) in [4.78, 5) is 35.3. The fourth-order valence-electron chi connectivity index (χ4n) is 4.35. The van der Waals surface area contributed by atoms with E-state index in [0.717, 1.165) is 0 Å². The van der Waals surface area contributed by atoms with E-state index in [1.54, 1.807) is 53.8 Å². The molecule has 1 amide bonds. The van der Waals surface area contributed by atoms with E-state index in [4.69, 9.17) is 16.3 Å².